The molecule has 0 bridgehead atoms. The number of rotatable bonds is 9. The molecule has 35 heavy (non-hydrogen) atoms. The van der Waals surface area contributed by atoms with Crippen molar-refractivity contribution >= 4 is 36.5 Å². The summed E-state index contributed by atoms with van der Waals surface area (Å²) >= 11 is 0. The first-order valence-electron chi connectivity index (χ1n) is 10.7. The molecule has 0 fully saturated rings. The highest BCUT2D eigenvalue weighted by Gasteiger charge is 2.27. The van der Waals surface area contributed by atoms with E-state index >= 15 is 0 Å². The Bertz CT molecular complexity index is 1610. The second kappa shape index (κ2) is 9.74. The van der Waals surface area contributed by atoms with E-state index in [-0.39, 0.29) is 5.56 Å². The van der Waals surface area contributed by atoms with E-state index in [0.29, 0.717) is 13.2 Å². The lowest BCUT2D eigenvalue weighted by Gasteiger charge is -2.11. The summed E-state index contributed by atoms with van der Waals surface area (Å²) in [4.78, 5) is 12.0. The van der Waals surface area contributed by atoms with E-state index in [1.165, 1.54) is 12.1 Å². The van der Waals surface area contributed by atoms with E-state index in [2.05, 4.69) is 4.57 Å². The number of methoxy groups -OCH3 is 1. The number of aromatic nitrogens is 1. The number of hydrogen-bond acceptors (Lipinski definition) is 6. The third-order valence-corrected chi connectivity index (χ3v) is 8.39. The Kier molecular flexibility index (Phi) is 6.91. The Hall–Kier alpha value is -3.31. The fourth-order valence-electron chi connectivity index (χ4n) is 3.99. The molecule has 0 unspecified atom stereocenters. The third kappa shape index (κ3) is 5.20. The van der Waals surface area contributed by atoms with Crippen LogP contribution in [-0.2, 0) is 31.1 Å². The number of ketones is 1. The number of carbonyl (C=O) groups is 1. The van der Waals surface area contributed by atoms with Gasteiger partial charge in [0.05, 0.1) is 11.5 Å². The summed E-state index contributed by atoms with van der Waals surface area (Å²) in [6, 6.07) is 21.7. The number of benzene rings is 3. The van der Waals surface area contributed by atoms with E-state index in [0.717, 1.165) is 34.3 Å². The van der Waals surface area contributed by atoms with E-state index in [1.54, 1.807) is 25.3 Å². The Morgan fingerprint density at radius 2 is 1.54 bits per heavy atom. The number of carbonyl (C=O) groups excluding carboxylic acids is 1. The molecule has 8 nitrogen and oxygen atoms in total. The zero-order chi connectivity index (χ0) is 25.2. The maximum atomic E-state index is 13.0. The molecule has 0 atom stereocenters. The minimum Gasteiger partial charge on any atom is -0.383 e. The van der Waals surface area contributed by atoms with E-state index in [9.17, 15) is 21.6 Å². The van der Waals surface area contributed by atoms with Crippen LogP contribution in [0.2, 0.25) is 0 Å². The summed E-state index contributed by atoms with van der Waals surface area (Å²) in [5.41, 5.74) is 3.02. The summed E-state index contributed by atoms with van der Waals surface area (Å²) in [6.07, 6.45) is 0. The number of sulfonamides is 1. The van der Waals surface area contributed by atoms with Gasteiger partial charge in [-0.3, -0.25) is 4.79 Å². The van der Waals surface area contributed by atoms with Gasteiger partial charge in [0.25, 0.3) is 0 Å². The monoisotopic (exact) mass is 512 g/mol. The fraction of sp³-hybridized carbons (Fsp3) is 0.160. The van der Waals surface area contributed by atoms with Crippen molar-refractivity contribution < 1.29 is 26.4 Å². The summed E-state index contributed by atoms with van der Waals surface area (Å²) in [5.74, 6) is -1.54. The van der Waals surface area contributed by atoms with Gasteiger partial charge in [-0.05, 0) is 42.0 Å². The average Bonchev–Trinajstić information content (AvgIpc) is 3.20. The SMILES string of the molecule is COCCn1c(-c2ccccc2)cc2cc(C(=O)CS(=O)(=O)c3ccccc3S(N)(=O)=O)ccc21. The molecule has 0 aliphatic carbocycles. The zero-order valence-corrected chi connectivity index (χ0v) is 20.6. The first kappa shape index (κ1) is 24.8. The normalized spacial score (nSPS) is 12.2. The maximum Gasteiger partial charge on any atom is 0.239 e. The minimum absolute atomic E-state index is 0.206. The number of Topliss-reactive ketones (excluding diaryl/α,β-unsaturated/α-hetero) is 1. The highest BCUT2D eigenvalue weighted by Crippen LogP contribution is 2.29. The summed E-state index contributed by atoms with van der Waals surface area (Å²) in [5, 5.41) is 5.94. The minimum atomic E-state index is -4.29. The van der Waals surface area contributed by atoms with Crippen LogP contribution in [0, 0.1) is 0 Å². The number of primary sulfonamides is 1. The Labute approximate surface area is 203 Å². The van der Waals surface area contributed by atoms with Gasteiger partial charge < -0.3 is 9.30 Å². The highest BCUT2D eigenvalue weighted by atomic mass is 32.2. The standard InChI is InChI=1S/C25H24N2O6S2/c1-33-14-13-27-21-12-11-19(15-20(21)16-22(27)18-7-3-2-4-8-18)23(28)17-34(29,30)24-9-5-6-10-25(24)35(26,31)32/h2-12,15-16H,13-14,17H2,1H3,(H2,26,31,32). The van der Waals surface area contributed by atoms with Crippen molar-refractivity contribution in [2.75, 3.05) is 19.5 Å². The predicted octanol–water partition coefficient (Wildman–Crippen LogP) is 3.26. The van der Waals surface area contributed by atoms with Crippen LogP contribution in [0.25, 0.3) is 22.2 Å². The molecule has 2 N–H and O–H groups in total. The smallest absolute Gasteiger partial charge is 0.239 e. The molecule has 0 spiro atoms. The lowest BCUT2D eigenvalue weighted by atomic mass is 10.1. The number of nitrogens with two attached hydrogens (primary N) is 1. The molecule has 182 valence electrons. The van der Waals surface area contributed by atoms with Gasteiger partial charge in [-0.2, -0.15) is 0 Å². The first-order valence-corrected chi connectivity index (χ1v) is 13.9. The van der Waals surface area contributed by atoms with Crippen molar-refractivity contribution in [2.45, 2.75) is 16.3 Å². The van der Waals surface area contributed by atoms with Crippen LogP contribution >= 0.6 is 0 Å². The van der Waals surface area contributed by atoms with Crippen molar-refractivity contribution in [2.24, 2.45) is 5.14 Å². The van der Waals surface area contributed by atoms with Crippen LogP contribution in [0.5, 0.6) is 0 Å². The van der Waals surface area contributed by atoms with Crippen LogP contribution in [0.4, 0.5) is 0 Å². The van der Waals surface area contributed by atoms with Gasteiger partial charge in [-0.1, -0.05) is 42.5 Å². The summed E-state index contributed by atoms with van der Waals surface area (Å²) in [7, 11) is -6.92. The lowest BCUT2D eigenvalue weighted by Crippen LogP contribution is -2.21. The van der Waals surface area contributed by atoms with Gasteiger partial charge >= 0.3 is 0 Å². The Balaban J connectivity index is 1.71. The van der Waals surface area contributed by atoms with Gasteiger partial charge in [0.2, 0.25) is 10.0 Å². The van der Waals surface area contributed by atoms with Crippen molar-refractivity contribution in [3.8, 4) is 11.3 Å². The number of fused-ring (bicyclic) bond motifs is 1. The fourth-order valence-corrected chi connectivity index (χ4v) is 6.67. The Morgan fingerprint density at radius 3 is 2.20 bits per heavy atom. The van der Waals surface area contributed by atoms with Crippen LogP contribution in [-0.4, -0.2) is 46.7 Å². The molecular weight excluding hydrogens is 488 g/mol. The predicted molar refractivity (Wildman–Crippen MR) is 133 cm³/mol. The summed E-state index contributed by atoms with van der Waals surface area (Å²) < 4.78 is 56.9. The molecule has 0 saturated carbocycles. The molecule has 10 heteroatoms. The van der Waals surface area contributed by atoms with Gasteiger partial charge in [-0.25, -0.2) is 22.0 Å². The van der Waals surface area contributed by atoms with Gasteiger partial charge in [0.15, 0.2) is 15.6 Å². The van der Waals surface area contributed by atoms with E-state index < -0.39 is 41.2 Å². The quantitative estimate of drug-likeness (QED) is 0.343. The molecule has 0 aliphatic rings. The van der Waals surface area contributed by atoms with Crippen LogP contribution < -0.4 is 5.14 Å². The number of nitrogens with zero attached hydrogens (tertiary/aromatic N) is 1. The van der Waals surface area contributed by atoms with E-state index in [1.807, 2.05) is 36.4 Å². The molecular formula is C25H24N2O6S2. The van der Waals surface area contributed by atoms with Gasteiger partial charge in [0, 0.05) is 35.8 Å². The molecule has 0 amide bonds. The largest absolute Gasteiger partial charge is 0.383 e. The highest BCUT2D eigenvalue weighted by molar-refractivity contribution is 7.94. The number of hydrogen-bond donors (Lipinski definition) is 1. The molecule has 1 aromatic heterocycles. The number of sulfone groups is 1. The number of ether oxygens (including phenoxy) is 1. The zero-order valence-electron chi connectivity index (χ0n) is 18.9. The second-order valence-electron chi connectivity index (χ2n) is 7.99. The van der Waals surface area contributed by atoms with Crippen molar-refractivity contribution in [3.05, 3.63) is 84.4 Å². The topological polar surface area (TPSA) is 126 Å². The average molecular weight is 513 g/mol. The maximum absolute atomic E-state index is 13.0. The van der Waals surface area contributed by atoms with Crippen molar-refractivity contribution in [3.63, 3.8) is 0 Å². The van der Waals surface area contributed by atoms with Crippen LogP contribution in [0.1, 0.15) is 10.4 Å². The first-order chi connectivity index (χ1) is 16.6. The van der Waals surface area contributed by atoms with E-state index in [4.69, 9.17) is 9.88 Å². The van der Waals surface area contributed by atoms with Gasteiger partial charge in [-0.15, -0.1) is 0 Å². The van der Waals surface area contributed by atoms with Crippen molar-refractivity contribution in [1.29, 1.82) is 0 Å². The lowest BCUT2D eigenvalue weighted by molar-refractivity contribution is 0.102. The van der Waals surface area contributed by atoms with Crippen LogP contribution in [0.15, 0.2) is 88.7 Å². The van der Waals surface area contributed by atoms with Crippen molar-refractivity contribution in [1.82, 2.24) is 4.57 Å². The molecule has 4 aromatic rings. The molecule has 0 radical (unpaired) electrons. The van der Waals surface area contributed by atoms with Gasteiger partial charge in [0.1, 0.15) is 10.6 Å². The molecule has 0 saturated heterocycles. The molecule has 4 rings (SSSR count). The molecule has 3 aromatic carbocycles. The Morgan fingerprint density at radius 1 is 0.886 bits per heavy atom. The third-order valence-electron chi connectivity index (χ3n) is 5.62. The molecule has 1 heterocycles. The molecule has 0 aliphatic heterocycles. The second-order valence-corrected chi connectivity index (χ2v) is 11.5. The van der Waals surface area contributed by atoms with Crippen LogP contribution in [0.3, 0.4) is 0 Å². The summed E-state index contributed by atoms with van der Waals surface area (Å²) in [6.45, 7) is 1.09.